The van der Waals surface area contributed by atoms with Gasteiger partial charge in [-0.15, -0.1) is 0 Å². The lowest BCUT2D eigenvalue weighted by Gasteiger charge is -2.53. The minimum atomic E-state index is 0.311. The van der Waals surface area contributed by atoms with Crippen molar-refractivity contribution in [1.29, 1.82) is 0 Å². The second-order valence-electron chi connectivity index (χ2n) is 10.9. The van der Waals surface area contributed by atoms with Gasteiger partial charge in [0, 0.05) is 17.3 Å². The van der Waals surface area contributed by atoms with Gasteiger partial charge in [0.15, 0.2) is 0 Å². The van der Waals surface area contributed by atoms with E-state index in [1.165, 1.54) is 81.0 Å². The fourth-order valence-electron chi connectivity index (χ4n) is 7.17. The quantitative estimate of drug-likeness (QED) is 0.484. The van der Waals surface area contributed by atoms with Crippen molar-refractivity contribution in [1.82, 2.24) is 30.6 Å². The van der Waals surface area contributed by atoms with E-state index in [0.717, 1.165) is 30.3 Å². The lowest BCUT2D eigenvalue weighted by atomic mass is 9.51. The summed E-state index contributed by atoms with van der Waals surface area (Å²) in [5.74, 6) is 2.27. The average Bonchev–Trinajstić information content (AvgIpc) is 3.65. The number of aromatic amines is 2. The lowest BCUT2D eigenvalue weighted by molar-refractivity contribution is 0.0990. The molecule has 3 aliphatic carbocycles. The molecule has 2 aliphatic heterocycles. The zero-order valence-corrected chi connectivity index (χ0v) is 18.8. The maximum atomic E-state index is 4.89. The monoisotopic (exact) mass is 430 g/mol. The van der Waals surface area contributed by atoms with Gasteiger partial charge in [-0.2, -0.15) is 0 Å². The molecule has 2 saturated heterocycles. The van der Waals surface area contributed by atoms with Crippen LogP contribution in [0.3, 0.4) is 0 Å². The highest BCUT2D eigenvalue weighted by Gasteiger charge is 2.51. The Bertz CT molecular complexity index is 1110. The summed E-state index contributed by atoms with van der Waals surface area (Å²) in [4.78, 5) is 17.1. The van der Waals surface area contributed by atoms with Gasteiger partial charge >= 0.3 is 0 Å². The number of nitrogens with one attached hydrogen (secondary N) is 4. The van der Waals surface area contributed by atoms with Gasteiger partial charge < -0.3 is 20.6 Å². The Hall–Kier alpha value is -2.18. The molecule has 6 nitrogen and oxygen atoms in total. The SMILES string of the molecule is c1cc2nc(C3CCCN3)[nH]c2cc1C12CCC(c3cnc(C4CCCN4)[nH]3)(CC1)CC2. The Kier molecular flexibility index (Phi) is 4.32. The Morgan fingerprint density at radius 3 is 2.16 bits per heavy atom. The van der Waals surface area contributed by atoms with Gasteiger partial charge in [0.1, 0.15) is 11.6 Å². The van der Waals surface area contributed by atoms with Crippen molar-refractivity contribution in [3.8, 4) is 0 Å². The molecule has 2 unspecified atom stereocenters. The molecule has 1 aromatic carbocycles. The summed E-state index contributed by atoms with van der Waals surface area (Å²) in [5.41, 5.74) is 5.89. The summed E-state index contributed by atoms with van der Waals surface area (Å²) in [6.07, 6.45) is 14.7. The van der Waals surface area contributed by atoms with Gasteiger partial charge in [-0.1, -0.05) is 6.07 Å². The number of H-pyrrole nitrogens is 2. The fourth-order valence-corrected chi connectivity index (χ4v) is 7.17. The maximum Gasteiger partial charge on any atom is 0.124 e. The molecular weight excluding hydrogens is 396 g/mol. The molecule has 8 rings (SSSR count). The van der Waals surface area contributed by atoms with E-state index in [-0.39, 0.29) is 0 Å². The third-order valence-corrected chi connectivity index (χ3v) is 9.31. The van der Waals surface area contributed by atoms with Crippen molar-refractivity contribution in [3.63, 3.8) is 0 Å². The van der Waals surface area contributed by atoms with Gasteiger partial charge in [0.2, 0.25) is 0 Å². The van der Waals surface area contributed by atoms with Gasteiger partial charge in [0.05, 0.1) is 23.1 Å². The van der Waals surface area contributed by atoms with E-state index in [2.05, 4.69) is 45.0 Å². The number of nitrogens with zero attached hydrogens (tertiary/aromatic N) is 2. The molecule has 4 N–H and O–H groups in total. The topological polar surface area (TPSA) is 81.4 Å². The maximum absolute atomic E-state index is 4.89. The highest BCUT2D eigenvalue weighted by molar-refractivity contribution is 5.76. The van der Waals surface area contributed by atoms with Crippen LogP contribution < -0.4 is 10.6 Å². The standard InChI is InChI=1S/C26H34N6/c1-3-19(27-13-1)23-29-16-22(32-23)26-10-7-25(8-11-26,9-12-26)17-5-6-18-21(15-17)31-24(30-18)20-4-2-14-28-20/h5-6,15-16,19-20,27-28H,1-4,7-14H2,(H,29,32)(H,30,31). The van der Waals surface area contributed by atoms with Crippen LogP contribution in [-0.2, 0) is 10.8 Å². The molecule has 5 fully saturated rings. The molecule has 0 radical (unpaired) electrons. The fraction of sp³-hybridized carbons (Fsp3) is 0.615. The van der Waals surface area contributed by atoms with Crippen LogP contribution in [0.2, 0.25) is 0 Å². The van der Waals surface area contributed by atoms with Crippen molar-refractivity contribution in [3.05, 3.63) is 47.3 Å². The normalized spacial score (nSPS) is 34.6. The molecule has 2 bridgehead atoms. The Labute approximate surface area is 189 Å². The first-order valence-electron chi connectivity index (χ1n) is 12.8. The number of rotatable bonds is 4. The summed E-state index contributed by atoms with van der Waals surface area (Å²) >= 11 is 0. The van der Waals surface area contributed by atoms with Gasteiger partial charge in [-0.05, 0) is 100 Å². The van der Waals surface area contributed by atoms with Gasteiger partial charge in [0.25, 0.3) is 0 Å². The van der Waals surface area contributed by atoms with Crippen LogP contribution in [-0.4, -0.2) is 33.0 Å². The zero-order valence-electron chi connectivity index (χ0n) is 18.8. The van der Waals surface area contributed by atoms with Crippen LogP contribution >= 0.6 is 0 Å². The first-order chi connectivity index (χ1) is 15.7. The Morgan fingerprint density at radius 2 is 1.47 bits per heavy atom. The smallest absolute Gasteiger partial charge is 0.124 e. The average molecular weight is 431 g/mol. The van der Waals surface area contributed by atoms with Crippen LogP contribution in [0.15, 0.2) is 24.4 Å². The molecule has 0 spiro atoms. The van der Waals surface area contributed by atoms with E-state index in [4.69, 9.17) is 9.97 Å². The molecule has 3 aromatic rings. The minimum absolute atomic E-state index is 0.311. The van der Waals surface area contributed by atoms with E-state index in [0.29, 0.717) is 22.9 Å². The van der Waals surface area contributed by atoms with E-state index < -0.39 is 0 Å². The van der Waals surface area contributed by atoms with Crippen molar-refractivity contribution in [2.24, 2.45) is 0 Å². The summed E-state index contributed by atoms with van der Waals surface area (Å²) < 4.78 is 0. The number of hydrogen-bond donors (Lipinski definition) is 4. The highest BCUT2D eigenvalue weighted by atomic mass is 15.0. The molecule has 32 heavy (non-hydrogen) atoms. The summed E-state index contributed by atoms with van der Waals surface area (Å²) in [7, 11) is 0. The van der Waals surface area contributed by atoms with E-state index >= 15 is 0 Å². The van der Waals surface area contributed by atoms with Crippen LogP contribution in [0, 0.1) is 0 Å². The number of imidazole rings is 2. The second-order valence-corrected chi connectivity index (χ2v) is 10.9. The summed E-state index contributed by atoms with van der Waals surface area (Å²) in [5, 5.41) is 7.16. The molecule has 2 atom stereocenters. The van der Waals surface area contributed by atoms with Crippen LogP contribution in [0.1, 0.15) is 99.2 Å². The number of hydrogen-bond acceptors (Lipinski definition) is 4. The van der Waals surface area contributed by atoms with Gasteiger partial charge in [-0.3, -0.25) is 0 Å². The van der Waals surface area contributed by atoms with E-state index in [1.54, 1.807) is 0 Å². The van der Waals surface area contributed by atoms with E-state index in [1.807, 2.05) is 0 Å². The molecule has 5 aliphatic rings. The minimum Gasteiger partial charge on any atom is -0.344 e. The summed E-state index contributed by atoms with van der Waals surface area (Å²) in [6, 6.07) is 7.86. The Morgan fingerprint density at radius 1 is 0.781 bits per heavy atom. The molecule has 3 saturated carbocycles. The zero-order chi connectivity index (χ0) is 21.2. The molecule has 4 heterocycles. The predicted octanol–water partition coefficient (Wildman–Crippen LogP) is 4.68. The molecule has 6 heteroatoms. The predicted molar refractivity (Wildman–Crippen MR) is 126 cm³/mol. The number of benzene rings is 1. The van der Waals surface area contributed by atoms with Crippen molar-refractivity contribution < 1.29 is 0 Å². The largest absolute Gasteiger partial charge is 0.344 e. The molecule has 168 valence electrons. The first kappa shape index (κ1) is 19.3. The van der Waals surface area contributed by atoms with Gasteiger partial charge in [-0.25, -0.2) is 9.97 Å². The molecule has 2 aromatic heterocycles. The third-order valence-electron chi connectivity index (χ3n) is 9.31. The van der Waals surface area contributed by atoms with Crippen LogP contribution in [0.4, 0.5) is 0 Å². The lowest BCUT2D eigenvalue weighted by Crippen LogP contribution is -2.46. The highest BCUT2D eigenvalue weighted by Crippen LogP contribution is 2.58. The van der Waals surface area contributed by atoms with E-state index in [9.17, 15) is 0 Å². The number of aromatic nitrogens is 4. The Balaban J connectivity index is 1.13. The molecular formula is C26H34N6. The number of fused-ring (bicyclic) bond motifs is 4. The van der Waals surface area contributed by atoms with Crippen LogP contribution in [0.5, 0.6) is 0 Å². The summed E-state index contributed by atoms with van der Waals surface area (Å²) in [6.45, 7) is 2.22. The third kappa shape index (κ3) is 2.92. The van der Waals surface area contributed by atoms with Crippen molar-refractivity contribution in [2.75, 3.05) is 13.1 Å². The molecule has 0 amide bonds. The van der Waals surface area contributed by atoms with Crippen molar-refractivity contribution in [2.45, 2.75) is 87.1 Å². The van der Waals surface area contributed by atoms with Crippen LogP contribution in [0.25, 0.3) is 11.0 Å². The first-order valence-corrected chi connectivity index (χ1v) is 12.8. The van der Waals surface area contributed by atoms with Crippen molar-refractivity contribution >= 4 is 11.0 Å². The second kappa shape index (κ2) is 7.16.